The number of nitrogens with zero attached hydrogens (tertiary/aromatic N) is 6. The summed E-state index contributed by atoms with van der Waals surface area (Å²) in [6.45, 7) is -3.52. The molecule has 0 unspecified atom stereocenters. The van der Waals surface area contributed by atoms with Gasteiger partial charge in [0.25, 0.3) is 0 Å². The second-order valence-electron chi connectivity index (χ2n) is 3.32. The molecule has 0 bridgehead atoms. The third-order valence-electron chi connectivity index (χ3n) is 2.27. The molecular weight excluding hydrogens is 288 g/mol. The largest absolute Gasteiger partial charge is 0.435 e. The first-order valence-corrected chi connectivity index (χ1v) is 4.24. The Morgan fingerprint density at radius 1 is 1.00 bits per heavy atom. The lowest BCUT2D eigenvalue weighted by molar-refractivity contribution is -0.686. The van der Waals surface area contributed by atoms with E-state index in [0.29, 0.717) is 0 Å². The molecule has 1 heterocycles. The van der Waals surface area contributed by atoms with E-state index in [2.05, 4.69) is 0 Å². The van der Waals surface area contributed by atoms with Gasteiger partial charge in [0.05, 0.1) is 10.7 Å². The Kier molecular flexibility index (Phi) is 3.70. The Labute approximate surface area is 99.7 Å². The summed E-state index contributed by atoms with van der Waals surface area (Å²) in [5, 5.41) is 11.9. The second-order valence-corrected chi connectivity index (χ2v) is 3.32. The van der Waals surface area contributed by atoms with Gasteiger partial charge in [0.15, 0.2) is 10.1 Å². The van der Waals surface area contributed by atoms with Crippen molar-refractivity contribution in [2.24, 2.45) is 0 Å². The number of hydrogen-bond acceptors (Lipinski definition) is 7. The molecule has 0 spiro atoms. The van der Waals surface area contributed by atoms with Gasteiger partial charge < -0.3 is 0 Å². The van der Waals surface area contributed by atoms with E-state index in [9.17, 15) is 42.9 Å². The van der Waals surface area contributed by atoms with Crippen molar-refractivity contribution in [3.63, 3.8) is 0 Å². The van der Waals surface area contributed by atoms with E-state index < -0.39 is 55.6 Å². The van der Waals surface area contributed by atoms with Crippen molar-refractivity contribution in [3.8, 4) is 0 Å². The molecule has 1 rings (SSSR count). The van der Waals surface area contributed by atoms with Gasteiger partial charge in [-0.1, -0.05) is 17.9 Å². The normalized spacial score (nSPS) is 19.2. The molecule has 0 radical (unpaired) electrons. The molecule has 0 atom stereocenters. The minimum Gasteiger partial charge on any atom is -0.237 e. The zero-order chi connectivity index (χ0) is 15.0. The lowest BCUT2D eigenvalue weighted by atomic mass is 10.1. The van der Waals surface area contributed by atoms with E-state index >= 15 is 0 Å². The Balaban J connectivity index is 3.26. The lowest BCUT2D eigenvalue weighted by Crippen LogP contribution is -2.71. The van der Waals surface area contributed by atoms with Crippen LogP contribution in [0.15, 0.2) is 0 Å². The van der Waals surface area contributed by atoms with Crippen molar-refractivity contribution in [3.05, 3.63) is 20.2 Å². The number of urea groups is 1. The lowest BCUT2D eigenvalue weighted by Gasteiger charge is -2.37. The topological polar surface area (TPSA) is 116 Å². The molecule has 0 N–H and O–H groups in total. The molecule has 0 aliphatic carbocycles. The first-order valence-electron chi connectivity index (χ1n) is 4.24. The fraction of sp³-hybridized carbons (Fsp3) is 0.750. The van der Waals surface area contributed by atoms with Crippen LogP contribution >= 0.6 is 0 Å². The van der Waals surface area contributed by atoms with Gasteiger partial charge in [0.1, 0.15) is 13.1 Å². The van der Waals surface area contributed by atoms with E-state index in [1.54, 1.807) is 0 Å². The van der Waals surface area contributed by atoms with Crippen LogP contribution in [0.4, 0.5) is 22.7 Å². The third kappa shape index (κ3) is 2.32. The van der Waals surface area contributed by atoms with Crippen molar-refractivity contribution < 1.29 is 32.8 Å². The third-order valence-corrected chi connectivity index (χ3v) is 2.27. The minimum atomic E-state index is -3.69. The molecular formula is C4H4F4N6O5. The van der Waals surface area contributed by atoms with Gasteiger partial charge in [-0.3, -0.25) is 0 Å². The molecule has 1 saturated heterocycles. The highest BCUT2D eigenvalue weighted by atomic mass is 19.4. The van der Waals surface area contributed by atoms with Gasteiger partial charge >= 0.3 is 6.03 Å². The fourth-order valence-electron chi connectivity index (χ4n) is 1.32. The summed E-state index contributed by atoms with van der Waals surface area (Å²) in [6.07, 6.45) is 0. The molecule has 1 aliphatic heterocycles. The molecule has 1 fully saturated rings. The van der Waals surface area contributed by atoms with Crippen LogP contribution in [0.1, 0.15) is 0 Å². The molecule has 15 heteroatoms. The average Bonchev–Trinajstić information content (AvgIpc) is 2.27. The van der Waals surface area contributed by atoms with Crippen LogP contribution in [0.3, 0.4) is 0 Å². The van der Waals surface area contributed by atoms with Gasteiger partial charge in [-0.05, 0) is 10.0 Å². The van der Waals surface area contributed by atoms with Crippen LogP contribution in [0, 0.1) is 20.2 Å². The van der Waals surface area contributed by atoms with Crippen LogP contribution in [0.2, 0.25) is 0 Å². The average molecular weight is 292 g/mol. The zero-order valence-corrected chi connectivity index (χ0v) is 8.65. The predicted octanol–water partition coefficient (Wildman–Crippen LogP) is -0.0543. The van der Waals surface area contributed by atoms with E-state index in [-0.39, 0.29) is 0 Å². The number of nitro groups is 2. The molecule has 1 aliphatic rings. The molecule has 2 amide bonds. The summed E-state index contributed by atoms with van der Waals surface area (Å²) in [5.41, 5.74) is -3.69. The Morgan fingerprint density at radius 2 is 1.32 bits per heavy atom. The van der Waals surface area contributed by atoms with Crippen molar-refractivity contribution in [1.29, 1.82) is 0 Å². The Morgan fingerprint density at radius 3 is 1.53 bits per heavy atom. The summed E-state index contributed by atoms with van der Waals surface area (Å²) >= 11 is 0. The van der Waals surface area contributed by atoms with Crippen molar-refractivity contribution in [1.82, 2.24) is 20.7 Å². The maximum Gasteiger partial charge on any atom is 0.435 e. The number of amides is 2. The molecule has 11 nitrogen and oxygen atoms in total. The van der Waals surface area contributed by atoms with Gasteiger partial charge in [-0.25, -0.2) is 25.0 Å². The van der Waals surface area contributed by atoms with Crippen LogP contribution in [-0.4, -0.2) is 55.6 Å². The molecule has 0 saturated carbocycles. The monoisotopic (exact) mass is 292 g/mol. The summed E-state index contributed by atoms with van der Waals surface area (Å²) < 4.78 is 50.1. The van der Waals surface area contributed by atoms with Crippen LogP contribution in [-0.2, 0) is 0 Å². The Hall–Kier alpha value is -2.29. The van der Waals surface area contributed by atoms with Crippen molar-refractivity contribution in [2.45, 2.75) is 5.66 Å². The highest BCUT2D eigenvalue weighted by molar-refractivity contribution is 5.73. The smallest absolute Gasteiger partial charge is 0.237 e. The zero-order valence-electron chi connectivity index (χ0n) is 8.65. The SMILES string of the molecule is O=C1N([N+](=O)[O-])CC(N(F)F)(N(F)F)CN1[N+](=O)[O-]. The van der Waals surface area contributed by atoms with Crippen LogP contribution < -0.4 is 0 Å². The summed E-state index contributed by atoms with van der Waals surface area (Å²) in [4.78, 5) is 32.0. The highest BCUT2D eigenvalue weighted by Crippen LogP contribution is 2.30. The number of hydrazine groups is 2. The first kappa shape index (κ1) is 14.8. The maximum absolute atomic E-state index is 12.5. The van der Waals surface area contributed by atoms with Gasteiger partial charge in [-0.15, -0.1) is 0 Å². The number of rotatable bonds is 4. The number of carbonyl (C=O) groups excluding carboxylic acids is 1. The number of carbonyl (C=O) groups is 1. The van der Waals surface area contributed by atoms with Crippen LogP contribution in [0.25, 0.3) is 0 Å². The standard InChI is InChI=1S/C4H4F4N6O5/c5-11(6)4(12(7)8)1-9(13(16)17)3(15)10(2-4)14(18)19/h1-2H2. The highest BCUT2D eigenvalue weighted by Gasteiger charge is 2.62. The number of hydrogen-bond donors (Lipinski definition) is 0. The molecule has 19 heavy (non-hydrogen) atoms. The molecule has 108 valence electrons. The van der Waals surface area contributed by atoms with E-state index in [1.807, 2.05) is 0 Å². The van der Waals surface area contributed by atoms with E-state index in [0.717, 1.165) is 0 Å². The van der Waals surface area contributed by atoms with Gasteiger partial charge in [-0.2, -0.15) is 0 Å². The molecule has 0 aromatic rings. The summed E-state index contributed by atoms with van der Waals surface area (Å²) in [5.74, 6) is 0. The summed E-state index contributed by atoms with van der Waals surface area (Å²) in [7, 11) is 0. The quantitative estimate of drug-likeness (QED) is 0.234. The molecule has 0 aromatic heterocycles. The molecule has 0 aromatic carbocycles. The van der Waals surface area contributed by atoms with Crippen LogP contribution in [0.5, 0.6) is 0 Å². The fourth-order valence-corrected chi connectivity index (χ4v) is 1.32. The van der Waals surface area contributed by atoms with Gasteiger partial charge in [0, 0.05) is 0 Å². The van der Waals surface area contributed by atoms with E-state index in [4.69, 9.17) is 0 Å². The van der Waals surface area contributed by atoms with Gasteiger partial charge in [0.2, 0.25) is 5.66 Å². The second kappa shape index (κ2) is 4.76. The maximum atomic E-state index is 12.5. The predicted molar refractivity (Wildman–Crippen MR) is 43.6 cm³/mol. The summed E-state index contributed by atoms with van der Waals surface area (Å²) in [6, 6.07) is -1.91. The van der Waals surface area contributed by atoms with Crippen molar-refractivity contribution in [2.75, 3.05) is 13.1 Å². The Bertz CT molecular complexity index is 382. The van der Waals surface area contributed by atoms with Crippen molar-refractivity contribution >= 4 is 6.03 Å². The first-order chi connectivity index (χ1) is 8.63. The van der Waals surface area contributed by atoms with E-state index in [1.165, 1.54) is 0 Å². The number of halogens is 4. The minimum absolute atomic E-state index is 0.704.